The van der Waals surface area contributed by atoms with Crippen LogP contribution < -0.4 is 14.2 Å². The van der Waals surface area contributed by atoms with Gasteiger partial charge in [0.25, 0.3) is 0 Å². The van der Waals surface area contributed by atoms with Crippen LogP contribution in [-0.2, 0) is 24.1 Å². The van der Waals surface area contributed by atoms with Crippen LogP contribution in [0.5, 0.6) is 11.5 Å². The van der Waals surface area contributed by atoms with E-state index in [9.17, 15) is 8.76 Å². The summed E-state index contributed by atoms with van der Waals surface area (Å²) < 4.78 is 34.3. The van der Waals surface area contributed by atoms with Crippen LogP contribution in [0.2, 0.25) is 0 Å². The third-order valence-electron chi connectivity index (χ3n) is 4.54. The van der Waals surface area contributed by atoms with Crippen molar-refractivity contribution in [3.8, 4) is 11.5 Å². The fourth-order valence-corrected chi connectivity index (χ4v) is 3.30. The van der Waals surface area contributed by atoms with Gasteiger partial charge in [-0.2, -0.15) is 0 Å². The van der Waals surface area contributed by atoms with Gasteiger partial charge in [-0.05, 0) is 60.6 Å². The summed E-state index contributed by atoms with van der Waals surface area (Å²) in [5.41, 5.74) is 3.73. The Labute approximate surface area is 170 Å². The minimum atomic E-state index is -2.21. The summed E-state index contributed by atoms with van der Waals surface area (Å²) in [4.78, 5) is 0. The Morgan fingerprint density at radius 3 is 1.86 bits per heavy atom. The van der Waals surface area contributed by atoms with E-state index < -0.39 is 11.3 Å². The summed E-state index contributed by atoms with van der Waals surface area (Å²) in [6, 6.07) is 16.2. The maximum atomic E-state index is 10.7. The van der Waals surface area contributed by atoms with Gasteiger partial charge in [0.15, 0.2) is 0 Å². The zero-order chi connectivity index (χ0) is 20.4. The second kappa shape index (κ2) is 11.6. The second-order valence-electron chi connectivity index (χ2n) is 6.84. The number of methoxy groups -OCH3 is 2. The molecule has 2 rings (SSSR count). The molecular formula is C22H28NO4S-. The maximum Gasteiger partial charge on any atom is 0.118 e. The molecule has 0 bridgehead atoms. The van der Waals surface area contributed by atoms with Crippen molar-refractivity contribution in [1.29, 1.82) is 0 Å². The van der Waals surface area contributed by atoms with Gasteiger partial charge < -0.3 is 14.0 Å². The molecule has 28 heavy (non-hydrogen) atoms. The molecule has 0 saturated heterocycles. The van der Waals surface area contributed by atoms with Crippen molar-refractivity contribution >= 4 is 11.3 Å². The van der Waals surface area contributed by atoms with Gasteiger partial charge in [0.2, 0.25) is 0 Å². The first-order chi connectivity index (χ1) is 13.5. The standard InChI is InChI=1S/C22H29NO4S/c1-17(16-23-28(24)25)4-5-20(14-18-6-10-21(26-2)11-7-18)15-19-8-12-22(27-3)13-9-19/h5-13,17,23H,4,14-16H2,1-3H3,(H,24,25)/p-1. The number of allylic oxidation sites excluding steroid dienone is 2. The van der Waals surface area contributed by atoms with Gasteiger partial charge in [0, 0.05) is 17.8 Å². The van der Waals surface area contributed by atoms with Crippen LogP contribution in [-0.4, -0.2) is 29.5 Å². The van der Waals surface area contributed by atoms with E-state index in [1.807, 2.05) is 31.2 Å². The van der Waals surface area contributed by atoms with Crippen molar-refractivity contribution in [3.05, 3.63) is 71.3 Å². The van der Waals surface area contributed by atoms with Crippen LogP contribution in [0.3, 0.4) is 0 Å². The lowest BCUT2D eigenvalue weighted by Gasteiger charge is -2.14. The van der Waals surface area contributed by atoms with Gasteiger partial charge in [-0.1, -0.05) is 42.8 Å². The Hall–Kier alpha value is -2.15. The van der Waals surface area contributed by atoms with Crippen LogP contribution in [0.1, 0.15) is 24.5 Å². The molecule has 0 fully saturated rings. The Kier molecular flexibility index (Phi) is 9.20. The molecule has 0 saturated carbocycles. The molecule has 2 unspecified atom stereocenters. The molecule has 0 aromatic heterocycles. The Morgan fingerprint density at radius 1 is 1.00 bits per heavy atom. The average Bonchev–Trinajstić information content (AvgIpc) is 2.71. The summed E-state index contributed by atoms with van der Waals surface area (Å²) in [7, 11) is 3.32. The summed E-state index contributed by atoms with van der Waals surface area (Å²) in [5.74, 6) is 1.91. The normalized spacial score (nSPS) is 12.9. The van der Waals surface area contributed by atoms with Crippen molar-refractivity contribution in [2.45, 2.75) is 26.2 Å². The first-order valence-electron chi connectivity index (χ1n) is 9.26. The van der Waals surface area contributed by atoms with Gasteiger partial charge in [0.05, 0.1) is 14.2 Å². The van der Waals surface area contributed by atoms with Crippen LogP contribution in [0.25, 0.3) is 0 Å². The fourth-order valence-electron chi connectivity index (χ4n) is 2.88. The van der Waals surface area contributed by atoms with Crippen molar-refractivity contribution in [3.63, 3.8) is 0 Å². The number of hydrogen-bond acceptors (Lipinski definition) is 4. The van der Waals surface area contributed by atoms with Gasteiger partial charge in [-0.25, -0.2) is 4.72 Å². The second-order valence-corrected chi connectivity index (χ2v) is 7.59. The van der Waals surface area contributed by atoms with Crippen molar-refractivity contribution in [2.24, 2.45) is 5.92 Å². The zero-order valence-electron chi connectivity index (χ0n) is 16.6. The number of ether oxygens (including phenoxy) is 2. The SMILES string of the molecule is COc1ccc(CC(=CCC(C)CNS(=O)[O-])Cc2ccc(OC)cc2)cc1. The van der Waals surface area contributed by atoms with Crippen LogP contribution in [0, 0.1) is 5.92 Å². The molecule has 2 aromatic carbocycles. The number of rotatable bonds is 11. The lowest BCUT2D eigenvalue weighted by atomic mass is 9.95. The zero-order valence-corrected chi connectivity index (χ0v) is 17.5. The molecule has 0 aliphatic heterocycles. The maximum absolute atomic E-state index is 10.7. The molecule has 152 valence electrons. The van der Waals surface area contributed by atoms with Crippen LogP contribution in [0.15, 0.2) is 60.2 Å². The summed E-state index contributed by atoms with van der Waals surface area (Å²) in [6.07, 6.45) is 4.72. The summed E-state index contributed by atoms with van der Waals surface area (Å²) in [5, 5.41) is 0. The monoisotopic (exact) mass is 402 g/mol. The lowest BCUT2D eigenvalue weighted by Crippen LogP contribution is -2.22. The van der Waals surface area contributed by atoms with E-state index in [1.54, 1.807) is 14.2 Å². The smallest absolute Gasteiger partial charge is 0.118 e. The first kappa shape index (κ1) is 22.1. The van der Waals surface area contributed by atoms with Crippen molar-refractivity contribution in [1.82, 2.24) is 4.72 Å². The third kappa shape index (κ3) is 7.84. The Bertz CT molecular complexity index is 721. The molecule has 5 nitrogen and oxygen atoms in total. The van der Waals surface area contributed by atoms with Crippen LogP contribution in [0.4, 0.5) is 0 Å². The quantitative estimate of drug-likeness (QED) is 0.458. The Morgan fingerprint density at radius 2 is 1.46 bits per heavy atom. The van der Waals surface area contributed by atoms with E-state index in [4.69, 9.17) is 9.47 Å². The highest BCUT2D eigenvalue weighted by molar-refractivity contribution is 7.77. The molecule has 6 heteroatoms. The predicted molar refractivity (Wildman–Crippen MR) is 112 cm³/mol. The highest BCUT2D eigenvalue weighted by Crippen LogP contribution is 2.20. The van der Waals surface area contributed by atoms with Crippen molar-refractivity contribution < 1.29 is 18.2 Å². The fraction of sp³-hybridized carbons (Fsp3) is 0.364. The van der Waals surface area contributed by atoms with Gasteiger partial charge in [-0.3, -0.25) is 4.21 Å². The largest absolute Gasteiger partial charge is 0.760 e. The molecule has 2 atom stereocenters. The van der Waals surface area contributed by atoms with Gasteiger partial charge >= 0.3 is 0 Å². The van der Waals surface area contributed by atoms with E-state index in [-0.39, 0.29) is 5.92 Å². The average molecular weight is 403 g/mol. The molecule has 0 amide bonds. The van der Waals surface area contributed by atoms with E-state index in [2.05, 4.69) is 35.1 Å². The highest BCUT2D eigenvalue weighted by Gasteiger charge is 2.06. The van der Waals surface area contributed by atoms with E-state index in [1.165, 1.54) is 16.7 Å². The number of benzene rings is 2. The molecule has 2 aromatic rings. The van der Waals surface area contributed by atoms with Gasteiger partial charge in [0.1, 0.15) is 11.5 Å². The summed E-state index contributed by atoms with van der Waals surface area (Å²) >= 11 is -2.21. The molecule has 0 aliphatic rings. The van der Waals surface area contributed by atoms with Crippen molar-refractivity contribution in [2.75, 3.05) is 20.8 Å². The van der Waals surface area contributed by atoms with Gasteiger partial charge in [-0.15, -0.1) is 0 Å². The van der Waals surface area contributed by atoms with E-state index >= 15 is 0 Å². The number of hydrogen-bond donors (Lipinski definition) is 1. The number of nitrogens with one attached hydrogen (secondary N) is 1. The van der Waals surface area contributed by atoms with Crippen LogP contribution >= 0.6 is 0 Å². The molecule has 0 spiro atoms. The molecule has 0 heterocycles. The lowest BCUT2D eigenvalue weighted by molar-refractivity contribution is 0.414. The molecule has 0 radical (unpaired) electrons. The topological polar surface area (TPSA) is 70.6 Å². The minimum Gasteiger partial charge on any atom is -0.760 e. The first-order valence-corrected chi connectivity index (χ1v) is 10.3. The highest BCUT2D eigenvalue weighted by atomic mass is 32.2. The van der Waals surface area contributed by atoms with E-state index in [0.29, 0.717) is 6.54 Å². The Balaban J connectivity index is 2.10. The molecule has 1 N–H and O–H groups in total. The molecular weight excluding hydrogens is 374 g/mol. The minimum absolute atomic E-state index is 0.222. The third-order valence-corrected chi connectivity index (χ3v) is 4.94. The summed E-state index contributed by atoms with van der Waals surface area (Å²) in [6.45, 7) is 2.47. The van der Waals surface area contributed by atoms with E-state index in [0.717, 1.165) is 30.8 Å². The molecule has 0 aliphatic carbocycles. The predicted octanol–water partition coefficient (Wildman–Crippen LogP) is 3.83.